The standard InChI is InChI=1S/C24H28N2O5S/c1-16-15-17(30-2)6-7-18(16)22(27)20-21(19-5-3-14-32-19)26(24(29)23(20)28)9-4-8-25-10-12-31-13-11-25/h3,5-7,14-15,21,27H,4,8-13H2,1-2H3/b22-20-. The van der Waals surface area contributed by atoms with Crippen LogP contribution in [0.2, 0.25) is 0 Å². The molecular formula is C24H28N2O5S. The summed E-state index contributed by atoms with van der Waals surface area (Å²) in [6.07, 6.45) is 0.747. The van der Waals surface area contributed by atoms with E-state index in [-0.39, 0.29) is 11.3 Å². The molecule has 2 saturated heterocycles. The summed E-state index contributed by atoms with van der Waals surface area (Å²) in [7, 11) is 1.58. The van der Waals surface area contributed by atoms with Crippen LogP contribution in [0.4, 0.5) is 0 Å². The molecule has 1 unspecified atom stereocenters. The Morgan fingerprint density at radius 3 is 2.66 bits per heavy atom. The summed E-state index contributed by atoms with van der Waals surface area (Å²) >= 11 is 1.48. The van der Waals surface area contributed by atoms with Crippen molar-refractivity contribution in [3.05, 3.63) is 57.3 Å². The number of hydrogen-bond donors (Lipinski definition) is 1. The fraction of sp³-hybridized carbons (Fsp3) is 0.417. The van der Waals surface area contributed by atoms with Gasteiger partial charge in [-0.05, 0) is 48.6 Å². The van der Waals surface area contributed by atoms with Crippen LogP contribution in [0.25, 0.3) is 5.76 Å². The van der Waals surface area contributed by atoms with E-state index in [0.717, 1.165) is 49.7 Å². The maximum Gasteiger partial charge on any atom is 0.295 e. The molecule has 1 atom stereocenters. The fourth-order valence-electron chi connectivity index (χ4n) is 4.32. The van der Waals surface area contributed by atoms with Crippen LogP contribution < -0.4 is 4.74 Å². The minimum absolute atomic E-state index is 0.141. The van der Waals surface area contributed by atoms with E-state index in [4.69, 9.17) is 9.47 Å². The van der Waals surface area contributed by atoms with Crippen molar-refractivity contribution in [1.82, 2.24) is 9.80 Å². The van der Waals surface area contributed by atoms with Crippen LogP contribution in [0, 0.1) is 6.92 Å². The van der Waals surface area contributed by atoms with E-state index in [9.17, 15) is 14.7 Å². The lowest BCUT2D eigenvalue weighted by atomic mass is 9.97. The number of aryl methyl sites for hydroxylation is 1. The van der Waals surface area contributed by atoms with Gasteiger partial charge in [-0.1, -0.05) is 6.07 Å². The Morgan fingerprint density at radius 2 is 2.00 bits per heavy atom. The fourth-order valence-corrected chi connectivity index (χ4v) is 5.16. The number of hydrogen-bond acceptors (Lipinski definition) is 7. The second-order valence-electron chi connectivity index (χ2n) is 8.00. The van der Waals surface area contributed by atoms with Gasteiger partial charge in [0, 0.05) is 36.6 Å². The quantitative estimate of drug-likeness (QED) is 0.392. The lowest BCUT2D eigenvalue weighted by molar-refractivity contribution is -0.140. The largest absolute Gasteiger partial charge is 0.507 e. The molecule has 0 aliphatic carbocycles. The predicted octanol–water partition coefficient (Wildman–Crippen LogP) is 3.21. The number of benzene rings is 1. The predicted molar refractivity (Wildman–Crippen MR) is 123 cm³/mol. The van der Waals surface area contributed by atoms with Crippen LogP contribution in [-0.4, -0.2) is 73.1 Å². The number of aliphatic hydroxyl groups excluding tert-OH is 1. The summed E-state index contributed by atoms with van der Waals surface area (Å²) in [5.41, 5.74) is 1.45. The first-order valence-corrected chi connectivity index (χ1v) is 11.7. The van der Waals surface area contributed by atoms with Crippen LogP contribution in [0.15, 0.2) is 41.3 Å². The first kappa shape index (κ1) is 22.5. The van der Waals surface area contributed by atoms with E-state index < -0.39 is 17.7 Å². The van der Waals surface area contributed by atoms with Gasteiger partial charge in [0.15, 0.2) is 0 Å². The Bertz CT molecular complexity index is 1010. The number of carbonyl (C=O) groups excluding carboxylic acids is 2. The molecule has 32 heavy (non-hydrogen) atoms. The minimum Gasteiger partial charge on any atom is -0.507 e. The van der Waals surface area contributed by atoms with Crippen LogP contribution in [0.3, 0.4) is 0 Å². The summed E-state index contributed by atoms with van der Waals surface area (Å²) in [5, 5.41) is 13.1. The Labute approximate surface area is 191 Å². The number of rotatable bonds is 7. The van der Waals surface area contributed by atoms with Crippen molar-refractivity contribution in [3.8, 4) is 5.75 Å². The second-order valence-corrected chi connectivity index (χ2v) is 8.98. The van der Waals surface area contributed by atoms with Gasteiger partial charge in [0.05, 0.1) is 31.9 Å². The van der Waals surface area contributed by atoms with Crippen LogP contribution in [0.5, 0.6) is 5.75 Å². The lowest BCUT2D eigenvalue weighted by Crippen LogP contribution is -2.38. The van der Waals surface area contributed by atoms with Gasteiger partial charge in [-0.2, -0.15) is 0 Å². The molecule has 2 fully saturated rings. The van der Waals surface area contributed by atoms with Crippen molar-refractivity contribution >= 4 is 28.8 Å². The molecule has 0 saturated carbocycles. The summed E-state index contributed by atoms with van der Waals surface area (Å²) in [4.78, 5) is 30.9. The van der Waals surface area contributed by atoms with Gasteiger partial charge in [0.1, 0.15) is 11.5 Å². The minimum atomic E-state index is -0.637. The molecule has 170 valence electrons. The maximum atomic E-state index is 13.1. The maximum absolute atomic E-state index is 13.1. The molecule has 1 aromatic carbocycles. The number of ether oxygens (including phenoxy) is 2. The monoisotopic (exact) mass is 456 g/mol. The third-order valence-electron chi connectivity index (χ3n) is 6.02. The van der Waals surface area contributed by atoms with Crippen molar-refractivity contribution in [2.45, 2.75) is 19.4 Å². The van der Waals surface area contributed by atoms with Gasteiger partial charge in [-0.15, -0.1) is 11.3 Å². The third-order valence-corrected chi connectivity index (χ3v) is 6.94. The highest BCUT2D eigenvalue weighted by Gasteiger charge is 2.46. The average molecular weight is 457 g/mol. The molecule has 3 heterocycles. The molecule has 0 spiro atoms. The van der Waals surface area contributed by atoms with Crippen molar-refractivity contribution in [2.75, 3.05) is 46.5 Å². The lowest BCUT2D eigenvalue weighted by Gasteiger charge is -2.28. The molecule has 1 aromatic heterocycles. The van der Waals surface area contributed by atoms with Gasteiger partial charge in [0.25, 0.3) is 11.7 Å². The highest BCUT2D eigenvalue weighted by Crippen LogP contribution is 2.41. The van der Waals surface area contributed by atoms with Gasteiger partial charge >= 0.3 is 0 Å². The Hall–Kier alpha value is -2.68. The van der Waals surface area contributed by atoms with Gasteiger partial charge in [-0.25, -0.2) is 0 Å². The SMILES string of the molecule is COc1ccc(/C(O)=C2/C(=O)C(=O)N(CCCN3CCOCC3)C2c2cccs2)c(C)c1. The van der Waals surface area contributed by atoms with Crippen molar-refractivity contribution in [3.63, 3.8) is 0 Å². The highest BCUT2D eigenvalue weighted by atomic mass is 32.1. The Kier molecular flexibility index (Phi) is 6.93. The van der Waals surface area contributed by atoms with E-state index in [1.54, 1.807) is 30.2 Å². The molecule has 1 amide bonds. The number of thiophene rings is 1. The number of likely N-dealkylation sites (tertiary alicyclic amines) is 1. The topological polar surface area (TPSA) is 79.3 Å². The zero-order valence-corrected chi connectivity index (χ0v) is 19.2. The summed E-state index contributed by atoms with van der Waals surface area (Å²) in [5.74, 6) is -0.671. The van der Waals surface area contributed by atoms with E-state index >= 15 is 0 Å². The number of nitrogens with zero attached hydrogens (tertiary/aromatic N) is 2. The molecule has 0 radical (unpaired) electrons. The van der Waals surface area contributed by atoms with Gasteiger partial charge < -0.3 is 19.5 Å². The second kappa shape index (κ2) is 9.85. The van der Waals surface area contributed by atoms with Crippen LogP contribution in [0.1, 0.15) is 28.5 Å². The molecule has 4 rings (SSSR count). The van der Waals surface area contributed by atoms with Crippen molar-refractivity contribution < 1.29 is 24.2 Å². The Balaban J connectivity index is 1.64. The number of methoxy groups -OCH3 is 1. The van der Waals surface area contributed by atoms with Crippen LogP contribution >= 0.6 is 11.3 Å². The molecule has 0 bridgehead atoms. The Morgan fingerprint density at radius 1 is 1.22 bits per heavy atom. The first-order valence-electron chi connectivity index (χ1n) is 10.8. The van der Waals surface area contributed by atoms with Crippen molar-refractivity contribution in [2.24, 2.45) is 0 Å². The molecule has 2 aliphatic heterocycles. The molecule has 7 nitrogen and oxygen atoms in total. The zero-order valence-electron chi connectivity index (χ0n) is 18.4. The molecule has 8 heteroatoms. The number of Topliss-reactive ketones (excluding diaryl/α,β-unsaturated/α-hetero) is 1. The molecule has 2 aliphatic rings. The molecular weight excluding hydrogens is 428 g/mol. The van der Waals surface area contributed by atoms with E-state index in [2.05, 4.69) is 4.90 Å². The van der Waals surface area contributed by atoms with Crippen molar-refractivity contribution in [1.29, 1.82) is 0 Å². The van der Waals surface area contributed by atoms with Gasteiger partial charge in [-0.3, -0.25) is 14.5 Å². The molecule has 1 N–H and O–H groups in total. The number of morpholine rings is 1. The summed E-state index contributed by atoms with van der Waals surface area (Å²) < 4.78 is 10.6. The smallest absolute Gasteiger partial charge is 0.295 e. The number of carbonyl (C=O) groups is 2. The zero-order chi connectivity index (χ0) is 22.7. The third kappa shape index (κ3) is 4.44. The molecule has 2 aromatic rings. The average Bonchev–Trinajstić information content (AvgIpc) is 3.42. The summed E-state index contributed by atoms with van der Waals surface area (Å²) in [6, 6.07) is 8.48. The van der Waals surface area contributed by atoms with Crippen LogP contribution in [-0.2, 0) is 14.3 Å². The number of amides is 1. The first-order chi connectivity index (χ1) is 15.5. The van der Waals surface area contributed by atoms with Gasteiger partial charge in [0.2, 0.25) is 0 Å². The highest BCUT2D eigenvalue weighted by molar-refractivity contribution is 7.10. The number of aliphatic hydroxyl groups is 1. The van der Waals surface area contributed by atoms with E-state index in [0.29, 0.717) is 17.9 Å². The number of ketones is 1. The van der Waals surface area contributed by atoms with E-state index in [1.165, 1.54) is 11.3 Å². The summed E-state index contributed by atoms with van der Waals surface area (Å²) in [6.45, 7) is 6.33. The normalized spacial score (nSPS) is 21.3. The van der Waals surface area contributed by atoms with E-state index in [1.807, 2.05) is 24.4 Å².